The minimum Gasteiger partial charge on any atom is -0.352 e. The number of nitrogens with one attached hydrogen (secondary N) is 1. The molecular formula is C31H33ClF3N3O4S. The smallest absolute Gasteiger partial charge is 0.352 e. The van der Waals surface area contributed by atoms with E-state index in [0.717, 1.165) is 43.4 Å². The van der Waals surface area contributed by atoms with Crippen molar-refractivity contribution in [3.63, 3.8) is 0 Å². The van der Waals surface area contributed by atoms with Gasteiger partial charge in [-0.25, -0.2) is 8.42 Å². The highest BCUT2D eigenvalue weighted by Crippen LogP contribution is 2.37. The van der Waals surface area contributed by atoms with Crippen molar-refractivity contribution in [1.29, 1.82) is 0 Å². The highest BCUT2D eigenvalue weighted by atomic mass is 35.5. The molecule has 0 aliphatic heterocycles. The number of alkyl halides is 3. The number of sulfonamides is 1. The number of benzene rings is 3. The number of carbonyl (C=O) groups excluding carboxylic acids is 2. The monoisotopic (exact) mass is 635 g/mol. The third kappa shape index (κ3) is 7.88. The highest BCUT2D eigenvalue weighted by molar-refractivity contribution is 7.92. The van der Waals surface area contributed by atoms with E-state index in [-0.39, 0.29) is 22.5 Å². The SMILES string of the molecule is Cc1ccc(CN(C(=O)CN(c2cc(C(F)(F)F)ccc2Cl)S(=O)(=O)c2ccccc2)[C@@H](C)C(=O)NC2CCCC2)cc1. The van der Waals surface area contributed by atoms with Gasteiger partial charge >= 0.3 is 6.18 Å². The van der Waals surface area contributed by atoms with Gasteiger partial charge in [-0.2, -0.15) is 13.2 Å². The third-order valence-electron chi connectivity index (χ3n) is 7.49. The molecule has 43 heavy (non-hydrogen) atoms. The van der Waals surface area contributed by atoms with E-state index in [1.165, 1.54) is 29.2 Å². The fourth-order valence-electron chi connectivity index (χ4n) is 4.98. The summed E-state index contributed by atoms with van der Waals surface area (Å²) in [6.45, 7) is 2.51. The first-order valence-electron chi connectivity index (χ1n) is 13.9. The standard InChI is InChI=1S/C31H33ClF3N3O4S/c1-21-12-14-23(15-13-21)19-37(22(2)30(40)36-25-8-6-7-9-25)29(39)20-38(43(41,42)26-10-4-3-5-11-26)28-18-24(31(33,34)35)16-17-27(28)32/h3-5,10-18,22,25H,6-9,19-20H2,1-2H3,(H,36,40)/t22-/m0/s1. The van der Waals surface area contributed by atoms with E-state index in [4.69, 9.17) is 11.6 Å². The Kier molecular flexibility index (Phi) is 10.1. The number of hydrogen-bond donors (Lipinski definition) is 1. The predicted octanol–water partition coefficient (Wildman–Crippen LogP) is 6.34. The number of nitrogens with zero attached hydrogens (tertiary/aromatic N) is 2. The molecule has 0 spiro atoms. The van der Waals surface area contributed by atoms with Crippen LogP contribution in [0.4, 0.5) is 18.9 Å². The molecule has 1 saturated carbocycles. The molecule has 1 atom stereocenters. The number of aryl methyl sites for hydroxylation is 1. The molecule has 3 aromatic carbocycles. The molecule has 1 N–H and O–H groups in total. The van der Waals surface area contributed by atoms with E-state index in [1.807, 2.05) is 19.1 Å². The van der Waals surface area contributed by atoms with Gasteiger partial charge in [-0.05, 0) is 62.6 Å². The van der Waals surface area contributed by atoms with Crippen molar-refractivity contribution in [2.24, 2.45) is 0 Å². The average Bonchev–Trinajstić information content (AvgIpc) is 3.48. The van der Waals surface area contributed by atoms with Crippen LogP contribution in [-0.4, -0.2) is 43.8 Å². The molecule has 4 rings (SSSR count). The summed E-state index contributed by atoms with van der Waals surface area (Å²) >= 11 is 6.29. The molecule has 1 aliphatic carbocycles. The first kappa shape index (κ1) is 32.3. The molecule has 230 valence electrons. The fraction of sp³-hybridized carbons (Fsp3) is 0.355. The van der Waals surface area contributed by atoms with Crippen LogP contribution in [0.5, 0.6) is 0 Å². The molecule has 1 aliphatic rings. The van der Waals surface area contributed by atoms with E-state index in [9.17, 15) is 31.2 Å². The quantitative estimate of drug-likeness (QED) is 0.282. The summed E-state index contributed by atoms with van der Waals surface area (Å²) < 4.78 is 69.3. The molecule has 0 heterocycles. The lowest BCUT2D eigenvalue weighted by molar-refractivity contribution is -0.139. The van der Waals surface area contributed by atoms with Crippen LogP contribution in [0.1, 0.15) is 49.3 Å². The Morgan fingerprint density at radius 2 is 1.63 bits per heavy atom. The number of halogens is 4. The molecular weight excluding hydrogens is 603 g/mol. The summed E-state index contributed by atoms with van der Waals surface area (Å²) in [4.78, 5) is 28.3. The van der Waals surface area contributed by atoms with Gasteiger partial charge in [0.25, 0.3) is 10.0 Å². The lowest BCUT2D eigenvalue weighted by atomic mass is 10.1. The average molecular weight is 636 g/mol. The second-order valence-corrected chi connectivity index (χ2v) is 12.9. The minimum absolute atomic E-state index is 0.0230. The Balaban J connectivity index is 1.75. The number of anilines is 1. The van der Waals surface area contributed by atoms with Crippen molar-refractivity contribution in [3.8, 4) is 0 Å². The number of hydrogen-bond acceptors (Lipinski definition) is 4. The molecule has 0 radical (unpaired) electrons. The van der Waals surface area contributed by atoms with Gasteiger partial charge in [-0.1, -0.05) is 72.5 Å². The Bertz CT molecular complexity index is 1540. The van der Waals surface area contributed by atoms with Crippen molar-refractivity contribution >= 4 is 39.1 Å². The van der Waals surface area contributed by atoms with Crippen LogP contribution in [-0.2, 0) is 32.3 Å². The van der Waals surface area contributed by atoms with Gasteiger partial charge in [0.2, 0.25) is 11.8 Å². The second kappa shape index (κ2) is 13.4. The molecule has 12 heteroatoms. The molecule has 0 aromatic heterocycles. The van der Waals surface area contributed by atoms with Gasteiger partial charge in [0.05, 0.1) is 21.2 Å². The minimum atomic E-state index is -4.80. The van der Waals surface area contributed by atoms with Crippen molar-refractivity contribution in [1.82, 2.24) is 10.2 Å². The van der Waals surface area contributed by atoms with Crippen LogP contribution in [0.2, 0.25) is 5.02 Å². The molecule has 0 unspecified atom stereocenters. The predicted molar refractivity (Wildman–Crippen MR) is 159 cm³/mol. The maximum Gasteiger partial charge on any atom is 0.416 e. The number of rotatable bonds is 10. The van der Waals surface area contributed by atoms with Gasteiger partial charge < -0.3 is 10.2 Å². The Labute approximate surface area is 254 Å². The molecule has 3 aromatic rings. The Hall–Kier alpha value is -3.57. The van der Waals surface area contributed by atoms with E-state index in [1.54, 1.807) is 25.1 Å². The van der Waals surface area contributed by atoms with Gasteiger partial charge in [0, 0.05) is 12.6 Å². The lowest BCUT2D eigenvalue weighted by Gasteiger charge is -2.33. The molecule has 1 fully saturated rings. The normalized spacial score (nSPS) is 14.7. The highest BCUT2D eigenvalue weighted by Gasteiger charge is 2.36. The van der Waals surface area contributed by atoms with E-state index < -0.39 is 51.9 Å². The molecule has 0 saturated heterocycles. The fourth-order valence-corrected chi connectivity index (χ4v) is 6.69. The van der Waals surface area contributed by atoms with Gasteiger partial charge in [0.15, 0.2) is 0 Å². The molecule has 2 amide bonds. The van der Waals surface area contributed by atoms with Crippen molar-refractivity contribution in [2.75, 3.05) is 10.8 Å². The topological polar surface area (TPSA) is 86.8 Å². The summed E-state index contributed by atoms with van der Waals surface area (Å²) in [7, 11) is -4.58. The summed E-state index contributed by atoms with van der Waals surface area (Å²) in [6, 6.07) is 15.6. The lowest BCUT2D eigenvalue weighted by Crippen LogP contribution is -2.52. The van der Waals surface area contributed by atoms with Crippen LogP contribution < -0.4 is 9.62 Å². The Morgan fingerprint density at radius 3 is 2.23 bits per heavy atom. The van der Waals surface area contributed by atoms with E-state index >= 15 is 0 Å². The van der Waals surface area contributed by atoms with Crippen LogP contribution in [0, 0.1) is 6.92 Å². The maximum absolute atomic E-state index is 14.0. The largest absolute Gasteiger partial charge is 0.416 e. The summed E-state index contributed by atoms with van der Waals surface area (Å²) in [5.74, 6) is -1.19. The first-order valence-corrected chi connectivity index (χ1v) is 15.7. The molecule has 0 bridgehead atoms. The second-order valence-electron chi connectivity index (χ2n) is 10.7. The van der Waals surface area contributed by atoms with Gasteiger partial charge in [-0.3, -0.25) is 13.9 Å². The van der Waals surface area contributed by atoms with Crippen LogP contribution in [0.25, 0.3) is 0 Å². The van der Waals surface area contributed by atoms with E-state index in [0.29, 0.717) is 15.9 Å². The van der Waals surface area contributed by atoms with Crippen molar-refractivity contribution < 1.29 is 31.2 Å². The zero-order chi connectivity index (χ0) is 31.4. The molecule has 7 nitrogen and oxygen atoms in total. The number of carbonyl (C=O) groups is 2. The van der Waals surface area contributed by atoms with Crippen molar-refractivity contribution in [3.05, 3.63) is 94.5 Å². The Morgan fingerprint density at radius 1 is 1.00 bits per heavy atom. The van der Waals surface area contributed by atoms with E-state index in [2.05, 4.69) is 5.32 Å². The van der Waals surface area contributed by atoms with Crippen molar-refractivity contribution in [2.45, 2.75) is 69.2 Å². The maximum atomic E-state index is 14.0. The summed E-state index contributed by atoms with van der Waals surface area (Å²) in [5.41, 5.74) is 0.0301. The number of amides is 2. The zero-order valence-corrected chi connectivity index (χ0v) is 25.3. The van der Waals surface area contributed by atoms with Gasteiger partial charge in [-0.15, -0.1) is 0 Å². The summed E-state index contributed by atoms with van der Waals surface area (Å²) in [5, 5.41) is 2.68. The van der Waals surface area contributed by atoms with Crippen LogP contribution >= 0.6 is 11.6 Å². The van der Waals surface area contributed by atoms with Crippen LogP contribution in [0.15, 0.2) is 77.7 Å². The van der Waals surface area contributed by atoms with Gasteiger partial charge in [0.1, 0.15) is 12.6 Å². The third-order valence-corrected chi connectivity index (χ3v) is 9.59. The summed E-state index contributed by atoms with van der Waals surface area (Å²) in [6.07, 6.45) is -1.19. The first-order chi connectivity index (χ1) is 20.3. The zero-order valence-electron chi connectivity index (χ0n) is 23.8. The van der Waals surface area contributed by atoms with Crippen LogP contribution in [0.3, 0.4) is 0 Å².